The molecule has 1 aliphatic carbocycles. The molecule has 1 rings (SSSR count). The van der Waals surface area contributed by atoms with E-state index in [1.54, 1.807) is 0 Å². The highest BCUT2D eigenvalue weighted by Crippen LogP contribution is 2.21. The number of rotatable bonds is 1. The van der Waals surface area contributed by atoms with Gasteiger partial charge in [-0.25, -0.2) is 0 Å². The van der Waals surface area contributed by atoms with Crippen LogP contribution in [-0.2, 0) is 4.79 Å². The Hall–Kier alpha value is -0.330. The van der Waals surface area contributed by atoms with E-state index in [2.05, 4.69) is 0 Å². The molecule has 0 bridgehead atoms. The highest BCUT2D eigenvalue weighted by molar-refractivity contribution is 5.53. The predicted molar refractivity (Wildman–Crippen MR) is 44.0 cm³/mol. The molecule has 1 fully saturated rings. The quantitative estimate of drug-likeness (QED) is 0.514. The molecule has 0 spiro atoms. The summed E-state index contributed by atoms with van der Waals surface area (Å²) in [6.45, 7) is 4.00. The zero-order valence-electron chi connectivity index (χ0n) is 7.10. The Kier molecular flexibility index (Phi) is 6.56. The van der Waals surface area contributed by atoms with Crippen LogP contribution in [0.15, 0.2) is 0 Å². The fourth-order valence-corrected chi connectivity index (χ4v) is 1.27. The van der Waals surface area contributed by atoms with Crippen molar-refractivity contribution in [3.8, 4) is 0 Å². The van der Waals surface area contributed by atoms with Gasteiger partial charge < -0.3 is 4.79 Å². The number of carbonyl (C=O) groups excluding carboxylic acids is 1. The summed E-state index contributed by atoms with van der Waals surface area (Å²) in [4.78, 5) is 10.2. The maximum absolute atomic E-state index is 10.2. The summed E-state index contributed by atoms with van der Waals surface area (Å²) in [5.74, 6) is 0.406. The van der Waals surface area contributed by atoms with Gasteiger partial charge in [0, 0.05) is 5.92 Å². The summed E-state index contributed by atoms with van der Waals surface area (Å²) in [6.07, 6.45) is 7.27. The fourth-order valence-electron chi connectivity index (χ4n) is 1.27. The van der Waals surface area contributed by atoms with Crippen LogP contribution in [0.2, 0.25) is 0 Å². The largest absolute Gasteiger partial charge is 0.303 e. The maximum atomic E-state index is 10.2. The lowest BCUT2D eigenvalue weighted by Gasteiger charge is -2.14. The van der Waals surface area contributed by atoms with Crippen molar-refractivity contribution in [3.05, 3.63) is 0 Å². The number of carbonyl (C=O) groups is 1. The zero-order valence-corrected chi connectivity index (χ0v) is 7.10. The Morgan fingerprint density at radius 2 is 1.60 bits per heavy atom. The molecule has 0 heterocycles. The molecule has 0 aliphatic heterocycles. The third-order valence-electron chi connectivity index (χ3n) is 1.84. The highest BCUT2D eigenvalue weighted by atomic mass is 16.1. The van der Waals surface area contributed by atoms with Gasteiger partial charge >= 0.3 is 0 Å². The first-order valence-electron chi connectivity index (χ1n) is 4.39. The van der Waals surface area contributed by atoms with Crippen LogP contribution in [-0.4, -0.2) is 6.29 Å². The Balaban J connectivity index is 0.000000371. The summed E-state index contributed by atoms with van der Waals surface area (Å²) >= 11 is 0. The average molecular weight is 142 g/mol. The Morgan fingerprint density at radius 1 is 1.10 bits per heavy atom. The Bertz CT molecular complexity index is 72.8. The number of aldehydes is 1. The van der Waals surface area contributed by atoms with Gasteiger partial charge in [0.2, 0.25) is 0 Å². The van der Waals surface area contributed by atoms with Crippen molar-refractivity contribution in [1.82, 2.24) is 0 Å². The minimum Gasteiger partial charge on any atom is -0.303 e. The lowest BCUT2D eigenvalue weighted by molar-refractivity contribution is -0.111. The van der Waals surface area contributed by atoms with E-state index in [1.165, 1.54) is 19.3 Å². The molecule has 0 amide bonds. The highest BCUT2D eigenvalue weighted by Gasteiger charge is 2.10. The van der Waals surface area contributed by atoms with E-state index >= 15 is 0 Å². The van der Waals surface area contributed by atoms with Gasteiger partial charge in [0.1, 0.15) is 6.29 Å². The molecule has 10 heavy (non-hydrogen) atoms. The first kappa shape index (κ1) is 9.67. The van der Waals surface area contributed by atoms with Crippen LogP contribution in [0.25, 0.3) is 0 Å². The monoisotopic (exact) mass is 142 g/mol. The van der Waals surface area contributed by atoms with Crippen molar-refractivity contribution >= 4 is 6.29 Å². The summed E-state index contributed by atoms with van der Waals surface area (Å²) < 4.78 is 0. The SMILES string of the molecule is CC.O=CC1CCCCC1. The second kappa shape index (κ2) is 6.79. The van der Waals surface area contributed by atoms with Crippen LogP contribution in [0.5, 0.6) is 0 Å². The van der Waals surface area contributed by atoms with E-state index < -0.39 is 0 Å². The van der Waals surface area contributed by atoms with Gasteiger partial charge in [0.25, 0.3) is 0 Å². The van der Waals surface area contributed by atoms with Gasteiger partial charge in [0.15, 0.2) is 0 Å². The van der Waals surface area contributed by atoms with E-state index in [0.29, 0.717) is 5.92 Å². The van der Waals surface area contributed by atoms with Gasteiger partial charge in [-0.1, -0.05) is 33.1 Å². The van der Waals surface area contributed by atoms with Crippen LogP contribution >= 0.6 is 0 Å². The van der Waals surface area contributed by atoms with Crippen molar-refractivity contribution < 1.29 is 4.79 Å². The molecule has 0 atom stereocenters. The predicted octanol–water partition coefficient (Wildman–Crippen LogP) is 2.79. The van der Waals surface area contributed by atoms with E-state index in [1.807, 2.05) is 13.8 Å². The van der Waals surface area contributed by atoms with Crippen LogP contribution in [0, 0.1) is 5.92 Å². The van der Waals surface area contributed by atoms with E-state index in [0.717, 1.165) is 19.1 Å². The topological polar surface area (TPSA) is 17.1 Å². The molecule has 1 heteroatoms. The van der Waals surface area contributed by atoms with E-state index in [-0.39, 0.29) is 0 Å². The first-order chi connectivity index (χ1) is 4.93. The zero-order chi connectivity index (χ0) is 7.82. The molecule has 0 unspecified atom stereocenters. The van der Waals surface area contributed by atoms with E-state index in [9.17, 15) is 4.79 Å². The van der Waals surface area contributed by atoms with Gasteiger partial charge in [-0.3, -0.25) is 0 Å². The second-order valence-corrected chi connectivity index (χ2v) is 2.53. The molecule has 0 aromatic rings. The van der Waals surface area contributed by atoms with Crippen molar-refractivity contribution in [3.63, 3.8) is 0 Å². The van der Waals surface area contributed by atoms with Gasteiger partial charge in [-0.15, -0.1) is 0 Å². The van der Waals surface area contributed by atoms with Crippen LogP contribution < -0.4 is 0 Å². The molecule has 0 radical (unpaired) electrons. The van der Waals surface area contributed by atoms with Gasteiger partial charge in [-0.2, -0.15) is 0 Å². The van der Waals surface area contributed by atoms with Crippen molar-refractivity contribution in [1.29, 1.82) is 0 Å². The average Bonchev–Trinajstić information content (AvgIpc) is 2.10. The third kappa shape index (κ3) is 3.65. The summed E-state index contributed by atoms with van der Waals surface area (Å²) in [7, 11) is 0. The molecule has 60 valence electrons. The molecular formula is C9H18O. The molecule has 0 N–H and O–H groups in total. The molecule has 0 saturated heterocycles. The summed E-state index contributed by atoms with van der Waals surface area (Å²) in [6, 6.07) is 0. The fraction of sp³-hybridized carbons (Fsp3) is 0.889. The van der Waals surface area contributed by atoms with E-state index in [4.69, 9.17) is 0 Å². The lowest BCUT2D eigenvalue weighted by Crippen LogP contribution is -2.06. The second-order valence-electron chi connectivity index (χ2n) is 2.53. The van der Waals surface area contributed by atoms with Crippen LogP contribution in [0.4, 0.5) is 0 Å². The van der Waals surface area contributed by atoms with Crippen molar-refractivity contribution in [2.24, 2.45) is 5.92 Å². The van der Waals surface area contributed by atoms with Crippen molar-refractivity contribution in [2.45, 2.75) is 46.0 Å². The Morgan fingerprint density at radius 3 is 1.90 bits per heavy atom. The molecule has 0 aromatic carbocycles. The van der Waals surface area contributed by atoms with Crippen LogP contribution in [0.1, 0.15) is 46.0 Å². The summed E-state index contributed by atoms with van der Waals surface area (Å²) in [5.41, 5.74) is 0. The van der Waals surface area contributed by atoms with Gasteiger partial charge in [-0.05, 0) is 12.8 Å². The smallest absolute Gasteiger partial charge is 0.123 e. The normalized spacial score (nSPS) is 19.0. The number of hydrogen-bond donors (Lipinski definition) is 0. The first-order valence-corrected chi connectivity index (χ1v) is 4.39. The lowest BCUT2D eigenvalue weighted by atomic mass is 9.91. The molecule has 0 aromatic heterocycles. The molecular weight excluding hydrogens is 124 g/mol. The van der Waals surface area contributed by atoms with Gasteiger partial charge in [0.05, 0.1) is 0 Å². The van der Waals surface area contributed by atoms with Crippen LogP contribution in [0.3, 0.4) is 0 Å². The molecule has 1 nitrogen and oxygen atoms in total. The number of hydrogen-bond acceptors (Lipinski definition) is 1. The third-order valence-corrected chi connectivity index (χ3v) is 1.84. The molecule has 1 aliphatic rings. The standard InChI is InChI=1S/C7H12O.C2H6/c8-6-7-4-2-1-3-5-7;1-2/h6-7H,1-5H2;1-2H3. The Labute approximate surface area is 63.8 Å². The maximum Gasteiger partial charge on any atom is 0.123 e. The molecule has 1 saturated carbocycles. The minimum atomic E-state index is 0.406. The minimum absolute atomic E-state index is 0.406. The van der Waals surface area contributed by atoms with Crippen molar-refractivity contribution in [2.75, 3.05) is 0 Å². The summed E-state index contributed by atoms with van der Waals surface area (Å²) in [5, 5.41) is 0.